The number of hydrogen-bond donors (Lipinski definition) is 0. The molecule has 202 valence electrons. The van der Waals surface area contributed by atoms with Crippen LogP contribution in [0.25, 0.3) is 0 Å². The molecular formula is C28H46N2O5Si. The molecular weight excluding hydrogens is 472 g/mol. The second-order valence-electron chi connectivity index (χ2n) is 12.7. The molecule has 2 heterocycles. The zero-order chi connectivity index (χ0) is 26.7. The van der Waals surface area contributed by atoms with Gasteiger partial charge in [0.1, 0.15) is 5.60 Å². The molecule has 0 aromatic heterocycles. The van der Waals surface area contributed by atoms with Crippen LogP contribution < -0.4 is 0 Å². The molecule has 0 N–H and O–H groups in total. The lowest BCUT2D eigenvalue weighted by Gasteiger charge is -2.38. The molecule has 0 saturated carbocycles. The summed E-state index contributed by atoms with van der Waals surface area (Å²) in [6.07, 6.45) is 1.87. The summed E-state index contributed by atoms with van der Waals surface area (Å²) in [7, 11) is -1.99. The van der Waals surface area contributed by atoms with Crippen molar-refractivity contribution in [3.05, 3.63) is 35.9 Å². The summed E-state index contributed by atoms with van der Waals surface area (Å²) in [5, 5.41) is 0.0889. The summed E-state index contributed by atoms with van der Waals surface area (Å²) in [5.74, 6) is 0.453. The van der Waals surface area contributed by atoms with Gasteiger partial charge in [-0.05, 0) is 69.6 Å². The van der Waals surface area contributed by atoms with Crippen LogP contribution in [0.15, 0.2) is 30.3 Å². The summed E-state index contributed by atoms with van der Waals surface area (Å²) < 4.78 is 18.0. The number of nitrogens with zero attached hydrogens (tertiary/aromatic N) is 2. The number of ether oxygens (including phenoxy) is 2. The van der Waals surface area contributed by atoms with Gasteiger partial charge in [0.25, 0.3) is 0 Å². The Morgan fingerprint density at radius 3 is 2.22 bits per heavy atom. The SMILES string of the molecule is CC(C)(C)OC(=O)N1CCC(CCN2C(=O)O[C@H](c3ccccc3)[C@H]2CO[Si](C)(C)C(C)(C)C)CC1. The minimum absolute atomic E-state index is 0.0889. The van der Waals surface area contributed by atoms with Crippen LogP contribution >= 0.6 is 0 Å². The average molecular weight is 519 g/mol. The van der Waals surface area contributed by atoms with E-state index in [9.17, 15) is 9.59 Å². The van der Waals surface area contributed by atoms with Crippen molar-refractivity contribution in [2.24, 2.45) is 5.92 Å². The second-order valence-corrected chi connectivity index (χ2v) is 17.6. The van der Waals surface area contributed by atoms with E-state index in [1.165, 1.54) is 0 Å². The van der Waals surface area contributed by atoms with Crippen LogP contribution in [0.3, 0.4) is 0 Å². The highest BCUT2D eigenvalue weighted by molar-refractivity contribution is 6.74. The van der Waals surface area contributed by atoms with Gasteiger partial charge in [0.15, 0.2) is 14.4 Å². The third-order valence-electron chi connectivity index (χ3n) is 7.81. The Labute approximate surface area is 218 Å². The fourth-order valence-corrected chi connectivity index (χ4v) is 5.50. The topological polar surface area (TPSA) is 68.3 Å². The van der Waals surface area contributed by atoms with E-state index in [1.54, 1.807) is 4.90 Å². The molecule has 2 saturated heterocycles. The van der Waals surface area contributed by atoms with Crippen LogP contribution in [0, 0.1) is 5.92 Å². The first-order chi connectivity index (χ1) is 16.7. The number of hydrogen-bond acceptors (Lipinski definition) is 5. The molecule has 2 aliphatic heterocycles. The van der Waals surface area contributed by atoms with Gasteiger partial charge in [-0.15, -0.1) is 0 Å². The van der Waals surface area contributed by atoms with E-state index in [4.69, 9.17) is 13.9 Å². The van der Waals surface area contributed by atoms with Crippen molar-refractivity contribution >= 4 is 20.5 Å². The third-order valence-corrected chi connectivity index (χ3v) is 12.3. The van der Waals surface area contributed by atoms with Crippen LogP contribution in [-0.2, 0) is 13.9 Å². The normalized spacial score (nSPS) is 22.1. The van der Waals surface area contributed by atoms with E-state index in [0.717, 1.165) is 24.8 Å². The van der Waals surface area contributed by atoms with Crippen LogP contribution in [0.2, 0.25) is 18.1 Å². The molecule has 0 aliphatic carbocycles. The minimum atomic E-state index is -1.99. The highest BCUT2D eigenvalue weighted by Gasteiger charge is 2.45. The smallest absolute Gasteiger partial charge is 0.410 e. The number of rotatable bonds is 7. The molecule has 7 nitrogen and oxygen atoms in total. The molecule has 0 spiro atoms. The van der Waals surface area contributed by atoms with Crippen molar-refractivity contribution in [2.45, 2.75) is 96.7 Å². The first kappa shape index (κ1) is 28.5. The molecule has 2 atom stereocenters. The highest BCUT2D eigenvalue weighted by atomic mass is 28.4. The summed E-state index contributed by atoms with van der Waals surface area (Å²) >= 11 is 0. The predicted molar refractivity (Wildman–Crippen MR) is 144 cm³/mol. The molecule has 2 fully saturated rings. The molecule has 0 unspecified atom stereocenters. The Kier molecular flexibility index (Phi) is 8.81. The Hall–Kier alpha value is -2.06. The van der Waals surface area contributed by atoms with Crippen molar-refractivity contribution < 1.29 is 23.5 Å². The van der Waals surface area contributed by atoms with Gasteiger partial charge in [0.2, 0.25) is 0 Å². The zero-order valence-electron chi connectivity index (χ0n) is 23.5. The van der Waals surface area contributed by atoms with Gasteiger partial charge >= 0.3 is 12.2 Å². The van der Waals surface area contributed by atoms with E-state index in [1.807, 2.05) is 56.0 Å². The fourth-order valence-electron chi connectivity index (χ4n) is 4.48. The molecule has 1 aromatic rings. The van der Waals surface area contributed by atoms with Gasteiger partial charge in [-0.2, -0.15) is 0 Å². The van der Waals surface area contributed by atoms with Crippen LogP contribution in [0.1, 0.15) is 72.5 Å². The van der Waals surface area contributed by atoms with Crippen LogP contribution in [0.4, 0.5) is 9.59 Å². The first-order valence-electron chi connectivity index (χ1n) is 13.3. The zero-order valence-corrected chi connectivity index (χ0v) is 24.5. The highest BCUT2D eigenvalue weighted by Crippen LogP contribution is 2.39. The average Bonchev–Trinajstić information content (AvgIpc) is 3.10. The number of likely N-dealkylation sites (tertiary alicyclic amines) is 1. The summed E-state index contributed by atoms with van der Waals surface area (Å²) in [4.78, 5) is 29.1. The van der Waals surface area contributed by atoms with Gasteiger partial charge in [0.05, 0.1) is 12.6 Å². The fraction of sp³-hybridized carbons (Fsp3) is 0.714. The summed E-state index contributed by atoms with van der Waals surface area (Å²) in [6, 6.07) is 9.82. The number of carbonyl (C=O) groups is 2. The van der Waals surface area contributed by atoms with Gasteiger partial charge in [-0.1, -0.05) is 51.1 Å². The maximum absolute atomic E-state index is 13.0. The van der Waals surface area contributed by atoms with Gasteiger partial charge in [0, 0.05) is 19.6 Å². The van der Waals surface area contributed by atoms with E-state index in [2.05, 4.69) is 33.9 Å². The van der Waals surface area contributed by atoms with Gasteiger partial charge in [-0.3, -0.25) is 4.90 Å². The number of carbonyl (C=O) groups excluding carboxylic acids is 2. The molecule has 0 bridgehead atoms. The monoisotopic (exact) mass is 518 g/mol. The largest absolute Gasteiger partial charge is 0.444 e. The Morgan fingerprint density at radius 2 is 1.67 bits per heavy atom. The predicted octanol–water partition coefficient (Wildman–Crippen LogP) is 6.61. The van der Waals surface area contributed by atoms with Crippen LogP contribution in [0.5, 0.6) is 0 Å². The van der Waals surface area contributed by atoms with Crippen molar-refractivity contribution in [1.29, 1.82) is 0 Å². The molecule has 36 heavy (non-hydrogen) atoms. The molecule has 8 heteroatoms. The Morgan fingerprint density at radius 1 is 1.06 bits per heavy atom. The summed E-state index contributed by atoms with van der Waals surface area (Å²) in [5.41, 5.74) is 0.517. The summed E-state index contributed by atoms with van der Waals surface area (Å²) in [6.45, 7) is 19.3. The molecule has 2 aliphatic rings. The van der Waals surface area contributed by atoms with Crippen molar-refractivity contribution in [2.75, 3.05) is 26.2 Å². The van der Waals surface area contributed by atoms with Crippen molar-refractivity contribution in [3.63, 3.8) is 0 Å². The molecule has 0 radical (unpaired) electrons. The standard InChI is InChI=1S/C28H46N2O5Si/c1-27(2,3)35-25(31)29-17-14-21(15-18-29)16-19-30-23(20-33-36(7,8)28(4,5)6)24(34-26(30)32)22-12-10-9-11-13-22/h9-13,21,23-24H,14-20H2,1-8H3/t23-,24-/m1/s1. The Bertz CT molecular complexity index is 885. The maximum atomic E-state index is 13.0. The van der Waals surface area contributed by atoms with E-state index in [-0.39, 0.29) is 29.4 Å². The quantitative estimate of drug-likeness (QED) is 0.380. The Balaban J connectivity index is 1.63. The first-order valence-corrected chi connectivity index (χ1v) is 16.2. The molecule has 2 amide bonds. The number of cyclic esters (lactones) is 1. The molecule has 3 rings (SSSR count). The van der Waals surface area contributed by atoms with Crippen molar-refractivity contribution in [3.8, 4) is 0 Å². The van der Waals surface area contributed by atoms with Crippen molar-refractivity contribution in [1.82, 2.24) is 9.80 Å². The lowest BCUT2D eigenvalue weighted by atomic mass is 9.93. The minimum Gasteiger partial charge on any atom is -0.444 e. The lowest BCUT2D eigenvalue weighted by Crippen LogP contribution is -2.47. The van der Waals surface area contributed by atoms with Gasteiger partial charge in [-0.25, -0.2) is 9.59 Å². The lowest BCUT2D eigenvalue weighted by molar-refractivity contribution is 0.0178. The number of benzene rings is 1. The number of piperidine rings is 1. The van der Waals surface area contributed by atoms with E-state index < -0.39 is 13.9 Å². The second kappa shape index (κ2) is 11.1. The molecule has 1 aromatic carbocycles. The maximum Gasteiger partial charge on any atom is 0.410 e. The third kappa shape index (κ3) is 7.25. The number of amides is 2. The van der Waals surface area contributed by atoms with Crippen LogP contribution in [-0.4, -0.2) is 68.2 Å². The van der Waals surface area contributed by atoms with E-state index >= 15 is 0 Å². The van der Waals surface area contributed by atoms with Gasteiger partial charge < -0.3 is 18.8 Å². The van der Waals surface area contributed by atoms with E-state index in [0.29, 0.717) is 32.2 Å².